The standard InChI is InChI=1S/C17H15N3O4/c21-16(12-6-8-13(9-7-12)20(23)24)18-19-17(22)15-10-14(15)11-4-2-1-3-5-11/h1-9,14-15H,10H2,(H,18,21)(H,19,22)/t14-,15-/m0/s1. The van der Waals surface area contributed by atoms with Gasteiger partial charge in [0.1, 0.15) is 0 Å². The minimum absolute atomic E-state index is 0.0979. The molecule has 1 aliphatic carbocycles. The van der Waals surface area contributed by atoms with E-state index < -0.39 is 10.8 Å². The molecule has 0 aromatic heterocycles. The molecule has 1 fully saturated rings. The first-order chi connectivity index (χ1) is 11.6. The Balaban J connectivity index is 1.51. The van der Waals surface area contributed by atoms with Gasteiger partial charge in [-0.3, -0.25) is 30.6 Å². The van der Waals surface area contributed by atoms with E-state index in [0.29, 0.717) is 0 Å². The number of hydrazine groups is 1. The maximum Gasteiger partial charge on any atom is 0.269 e. The van der Waals surface area contributed by atoms with Gasteiger partial charge in [-0.2, -0.15) is 0 Å². The van der Waals surface area contributed by atoms with Crippen LogP contribution >= 0.6 is 0 Å². The highest BCUT2D eigenvalue weighted by Crippen LogP contribution is 2.47. The van der Waals surface area contributed by atoms with Crippen LogP contribution in [0.2, 0.25) is 0 Å². The zero-order valence-corrected chi connectivity index (χ0v) is 12.6. The number of non-ortho nitro benzene ring substituents is 1. The summed E-state index contributed by atoms with van der Waals surface area (Å²) in [5.74, 6) is -0.721. The van der Waals surface area contributed by atoms with E-state index in [1.807, 2.05) is 30.3 Å². The number of carbonyl (C=O) groups is 2. The normalized spacial score (nSPS) is 18.5. The Kier molecular flexibility index (Phi) is 4.24. The fraction of sp³-hybridized carbons (Fsp3) is 0.176. The highest BCUT2D eigenvalue weighted by Gasteiger charge is 2.43. The fourth-order valence-electron chi connectivity index (χ4n) is 2.57. The molecule has 0 bridgehead atoms. The van der Waals surface area contributed by atoms with Gasteiger partial charge in [0.25, 0.3) is 11.6 Å². The third-order valence-electron chi connectivity index (χ3n) is 3.99. The van der Waals surface area contributed by atoms with Crippen LogP contribution in [0.4, 0.5) is 5.69 Å². The predicted octanol–water partition coefficient (Wildman–Crippen LogP) is 2.16. The third kappa shape index (κ3) is 3.40. The second-order valence-corrected chi connectivity index (χ2v) is 5.61. The first-order valence-corrected chi connectivity index (χ1v) is 7.46. The zero-order valence-electron chi connectivity index (χ0n) is 12.6. The molecule has 0 spiro atoms. The summed E-state index contributed by atoms with van der Waals surface area (Å²) in [6.07, 6.45) is 0.753. The zero-order chi connectivity index (χ0) is 17.1. The molecule has 0 heterocycles. The summed E-state index contributed by atoms with van der Waals surface area (Å²) in [4.78, 5) is 34.0. The largest absolute Gasteiger partial charge is 0.273 e. The number of hydrogen-bond acceptors (Lipinski definition) is 4. The Bertz CT molecular complexity index is 774. The van der Waals surface area contributed by atoms with E-state index in [1.165, 1.54) is 24.3 Å². The van der Waals surface area contributed by atoms with Crippen molar-refractivity contribution in [2.75, 3.05) is 0 Å². The number of nitrogens with one attached hydrogen (secondary N) is 2. The van der Waals surface area contributed by atoms with Crippen molar-refractivity contribution in [1.82, 2.24) is 10.9 Å². The molecule has 7 heteroatoms. The molecule has 2 aromatic rings. The number of nitro benzene ring substituents is 1. The SMILES string of the molecule is O=C(NNC(=O)[C@H]1C[C@H]1c1ccccc1)c1ccc([N+](=O)[O-])cc1. The number of hydrogen-bond donors (Lipinski definition) is 2. The summed E-state index contributed by atoms with van der Waals surface area (Å²) in [5, 5.41) is 10.6. The third-order valence-corrected chi connectivity index (χ3v) is 3.99. The van der Waals surface area contributed by atoms with E-state index >= 15 is 0 Å². The van der Waals surface area contributed by atoms with E-state index in [1.54, 1.807) is 0 Å². The number of rotatable bonds is 4. The second-order valence-electron chi connectivity index (χ2n) is 5.61. The van der Waals surface area contributed by atoms with E-state index in [-0.39, 0.29) is 29.0 Å². The average Bonchev–Trinajstić information content (AvgIpc) is 3.41. The molecule has 24 heavy (non-hydrogen) atoms. The molecule has 1 saturated carbocycles. The Morgan fingerprint density at radius 2 is 1.67 bits per heavy atom. The Hall–Kier alpha value is -3.22. The molecule has 2 N–H and O–H groups in total. The lowest BCUT2D eigenvalue weighted by atomic mass is 10.1. The molecule has 7 nitrogen and oxygen atoms in total. The van der Waals surface area contributed by atoms with Gasteiger partial charge in [0.05, 0.1) is 4.92 Å². The summed E-state index contributed by atoms with van der Waals surface area (Å²) in [6, 6.07) is 14.9. The lowest BCUT2D eigenvalue weighted by molar-refractivity contribution is -0.384. The highest BCUT2D eigenvalue weighted by atomic mass is 16.6. The van der Waals surface area contributed by atoms with E-state index in [2.05, 4.69) is 10.9 Å². The van der Waals surface area contributed by atoms with Crippen molar-refractivity contribution in [3.05, 3.63) is 75.8 Å². The molecule has 0 radical (unpaired) electrons. The number of benzene rings is 2. The summed E-state index contributed by atoms with van der Waals surface area (Å²) in [6.45, 7) is 0. The molecule has 0 unspecified atom stereocenters. The highest BCUT2D eigenvalue weighted by molar-refractivity contribution is 5.96. The monoisotopic (exact) mass is 325 g/mol. The molecule has 2 aromatic carbocycles. The number of carbonyl (C=O) groups excluding carboxylic acids is 2. The van der Waals surface area contributed by atoms with Gasteiger partial charge < -0.3 is 0 Å². The average molecular weight is 325 g/mol. The molecule has 0 saturated heterocycles. The topological polar surface area (TPSA) is 101 Å². The van der Waals surface area contributed by atoms with Crippen LogP contribution in [0.5, 0.6) is 0 Å². The van der Waals surface area contributed by atoms with Crippen LogP contribution in [0, 0.1) is 16.0 Å². The minimum Gasteiger partial charge on any atom is -0.273 e. The Morgan fingerprint density at radius 3 is 2.29 bits per heavy atom. The molecule has 0 aliphatic heterocycles. The molecule has 122 valence electrons. The van der Waals surface area contributed by atoms with Crippen molar-refractivity contribution in [3.8, 4) is 0 Å². The van der Waals surface area contributed by atoms with Gasteiger partial charge in [0.15, 0.2) is 0 Å². The number of amides is 2. The van der Waals surface area contributed by atoms with E-state index in [0.717, 1.165) is 12.0 Å². The lowest BCUT2D eigenvalue weighted by Gasteiger charge is -2.07. The van der Waals surface area contributed by atoms with Crippen LogP contribution < -0.4 is 10.9 Å². The van der Waals surface area contributed by atoms with Crippen molar-refractivity contribution in [2.24, 2.45) is 5.92 Å². The van der Waals surface area contributed by atoms with Crippen molar-refractivity contribution in [1.29, 1.82) is 0 Å². The van der Waals surface area contributed by atoms with Gasteiger partial charge in [-0.1, -0.05) is 30.3 Å². The number of nitrogens with zero attached hydrogens (tertiary/aromatic N) is 1. The minimum atomic E-state index is -0.541. The van der Waals surface area contributed by atoms with Gasteiger partial charge in [0.2, 0.25) is 5.91 Å². The van der Waals surface area contributed by atoms with Crippen molar-refractivity contribution >= 4 is 17.5 Å². The van der Waals surface area contributed by atoms with Crippen LogP contribution in [0.1, 0.15) is 28.3 Å². The van der Waals surface area contributed by atoms with E-state index in [9.17, 15) is 19.7 Å². The maximum absolute atomic E-state index is 12.1. The summed E-state index contributed by atoms with van der Waals surface area (Å²) in [7, 11) is 0. The summed E-state index contributed by atoms with van der Waals surface area (Å²) < 4.78 is 0. The first-order valence-electron chi connectivity index (χ1n) is 7.46. The maximum atomic E-state index is 12.1. The quantitative estimate of drug-likeness (QED) is 0.664. The Labute approximate surface area is 137 Å². The van der Waals surface area contributed by atoms with E-state index in [4.69, 9.17) is 0 Å². The van der Waals surface area contributed by atoms with Crippen LogP contribution in [-0.2, 0) is 4.79 Å². The fourth-order valence-corrected chi connectivity index (χ4v) is 2.57. The summed E-state index contributed by atoms with van der Waals surface area (Å²) >= 11 is 0. The first kappa shape index (κ1) is 15.7. The van der Waals surface area contributed by atoms with Gasteiger partial charge >= 0.3 is 0 Å². The van der Waals surface area contributed by atoms with Gasteiger partial charge in [-0.25, -0.2) is 0 Å². The van der Waals surface area contributed by atoms with Crippen molar-refractivity contribution < 1.29 is 14.5 Å². The van der Waals surface area contributed by atoms with Crippen LogP contribution in [0.15, 0.2) is 54.6 Å². The Morgan fingerprint density at radius 1 is 1.00 bits per heavy atom. The van der Waals surface area contributed by atoms with Crippen LogP contribution in [-0.4, -0.2) is 16.7 Å². The van der Waals surface area contributed by atoms with Crippen molar-refractivity contribution in [2.45, 2.75) is 12.3 Å². The van der Waals surface area contributed by atoms with Crippen molar-refractivity contribution in [3.63, 3.8) is 0 Å². The molecule has 2 atom stereocenters. The molecular weight excluding hydrogens is 310 g/mol. The smallest absolute Gasteiger partial charge is 0.269 e. The van der Waals surface area contributed by atoms with Crippen LogP contribution in [0.3, 0.4) is 0 Å². The van der Waals surface area contributed by atoms with Gasteiger partial charge in [-0.15, -0.1) is 0 Å². The predicted molar refractivity (Wildman–Crippen MR) is 86.0 cm³/mol. The van der Waals surface area contributed by atoms with Gasteiger partial charge in [-0.05, 0) is 30.0 Å². The lowest BCUT2D eigenvalue weighted by Crippen LogP contribution is -2.42. The van der Waals surface area contributed by atoms with Gasteiger partial charge in [0, 0.05) is 23.6 Å². The summed E-state index contributed by atoms with van der Waals surface area (Å²) in [5.41, 5.74) is 5.99. The molecule has 1 aliphatic rings. The van der Waals surface area contributed by atoms with Crippen LogP contribution in [0.25, 0.3) is 0 Å². The second kappa shape index (κ2) is 6.49. The molecular formula is C17H15N3O4. The molecule has 3 rings (SSSR count). The number of nitro groups is 1. The molecule has 2 amide bonds.